The summed E-state index contributed by atoms with van der Waals surface area (Å²) in [5.74, 6) is 0.294. The molecule has 0 spiro atoms. The van der Waals surface area contributed by atoms with Gasteiger partial charge >= 0.3 is 0 Å². The molecule has 0 aromatic heterocycles. The highest BCUT2D eigenvalue weighted by Crippen LogP contribution is 2.13. The molecule has 1 aromatic carbocycles. The van der Waals surface area contributed by atoms with Crippen LogP contribution in [0, 0.1) is 5.92 Å². The van der Waals surface area contributed by atoms with Crippen molar-refractivity contribution in [1.82, 2.24) is 4.90 Å². The van der Waals surface area contributed by atoms with Crippen molar-refractivity contribution in [3.05, 3.63) is 29.8 Å². The standard InChI is InChI=1S/C16H27N3O2/c1-13(2)7-9-21-10-8-19(12-16(18)20)11-14-5-3-4-6-15(14)17/h3-6,13H,7-12,17H2,1-2H3,(H2,18,20). The van der Waals surface area contributed by atoms with Gasteiger partial charge in [-0.3, -0.25) is 9.69 Å². The molecule has 21 heavy (non-hydrogen) atoms. The van der Waals surface area contributed by atoms with E-state index in [1.807, 2.05) is 29.2 Å². The number of amides is 1. The van der Waals surface area contributed by atoms with Gasteiger partial charge in [-0.05, 0) is 24.0 Å². The van der Waals surface area contributed by atoms with E-state index in [-0.39, 0.29) is 12.5 Å². The highest BCUT2D eigenvalue weighted by Gasteiger charge is 2.10. The molecule has 0 heterocycles. The molecule has 1 amide bonds. The van der Waals surface area contributed by atoms with Gasteiger partial charge in [0.15, 0.2) is 0 Å². The van der Waals surface area contributed by atoms with Crippen LogP contribution in [0.4, 0.5) is 5.69 Å². The first kappa shape index (κ1) is 17.5. The van der Waals surface area contributed by atoms with Crippen molar-refractivity contribution in [3.8, 4) is 0 Å². The second kappa shape index (κ2) is 9.37. The Morgan fingerprint density at radius 2 is 2.00 bits per heavy atom. The number of nitrogens with two attached hydrogens (primary N) is 2. The highest BCUT2D eigenvalue weighted by molar-refractivity contribution is 5.75. The quantitative estimate of drug-likeness (QED) is 0.507. The summed E-state index contributed by atoms with van der Waals surface area (Å²) < 4.78 is 5.60. The third-order valence-electron chi connectivity index (χ3n) is 3.22. The Labute approximate surface area is 127 Å². The fraction of sp³-hybridized carbons (Fsp3) is 0.562. The number of hydrogen-bond donors (Lipinski definition) is 2. The molecule has 0 aliphatic heterocycles. The fourth-order valence-corrected chi connectivity index (χ4v) is 1.97. The maximum Gasteiger partial charge on any atom is 0.231 e. The van der Waals surface area contributed by atoms with Crippen LogP contribution in [0.2, 0.25) is 0 Å². The van der Waals surface area contributed by atoms with E-state index >= 15 is 0 Å². The molecule has 0 saturated heterocycles. The zero-order chi connectivity index (χ0) is 15.7. The summed E-state index contributed by atoms with van der Waals surface area (Å²) in [5, 5.41) is 0. The smallest absolute Gasteiger partial charge is 0.231 e. The van der Waals surface area contributed by atoms with Gasteiger partial charge in [0.2, 0.25) is 5.91 Å². The Hall–Kier alpha value is -1.59. The molecule has 5 nitrogen and oxygen atoms in total. The second-order valence-corrected chi connectivity index (χ2v) is 5.67. The number of carbonyl (C=O) groups is 1. The lowest BCUT2D eigenvalue weighted by molar-refractivity contribution is -0.119. The Kier molecular flexibility index (Phi) is 7.79. The number of nitrogen functional groups attached to an aromatic ring is 1. The van der Waals surface area contributed by atoms with Crippen molar-refractivity contribution in [2.24, 2.45) is 11.7 Å². The first-order valence-corrected chi connectivity index (χ1v) is 7.40. The molecule has 0 bridgehead atoms. The van der Waals surface area contributed by atoms with E-state index in [9.17, 15) is 4.79 Å². The minimum Gasteiger partial charge on any atom is -0.398 e. The van der Waals surface area contributed by atoms with Gasteiger partial charge in [0.25, 0.3) is 0 Å². The molecule has 0 saturated carbocycles. The van der Waals surface area contributed by atoms with Gasteiger partial charge in [0.1, 0.15) is 0 Å². The van der Waals surface area contributed by atoms with Crippen molar-refractivity contribution in [2.45, 2.75) is 26.8 Å². The molecule has 0 aliphatic carbocycles. The van der Waals surface area contributed by atoms with Crippen LogP contribution in [0.15, 0.2) is 24.3 Å². The lowest BCUT2D eigenvalue weighted by Gasteiger charge is -2.21. The SMILES string of the molecule is CC(C)CCOCCN(CC(N)=O)Cc1ccccc1N. The number of primary amides is 1. The predicted octanol–water partition coefficient (Wildman–Crippen LogP) is 1.62. The van der Waals surface area contributed by atoms with Gasteiger partial charge in [0, 0.05) is 25.4 Å². The first-order valence-electron chi connectivity index (χ1n) is 7.40. The van der Waals surface area contributed by atoms with E-state index < -0.39 is 0 Å². The van der Waals surface area contributed by atoms with Gasteiger partial charge in [-0.25, -0.2) is 0 Å². The number of carbonyl (C=O) groups excluding carboxylic acids is 1. The largest absolute Gasteiger partial charge is 0.398 e. The predicted molar refractivity (Wildman–Crippen MR) is 85.6 cm³/mol. The van der Waals surface area contributed by atoms with Crippen molar-refractivity contribution in [3.63, 3.8) is 0 Å². The highest BCUT2D eigenvalue weighted by atomic mass is 16.5. The minimum atomic E-state index is -0.341. The third kappa shape index (κ3) is 7.68. The van der Waals surface area contributed by atoms with E-state index in [1.165, 1.54) is 0 Å². The van der Waals surface area contributed by atoms with E-state index in [0.717, 1.165) is 24.3 Å². The number of hydrogen-bond acceptors (Lipinski definition) is 4. The molecule has 4 N–H and O–H groups in total. The van der Waals surface area contributed by atoms with Crippen molar-refractivity contribution >= 4 is 11.6 Å². The van der Waals surface area contributed by atoms with Crippen LogP contribution in [-0.2, 0) is 16.1 Å². The topological polar surface area (TPSA) is 81.6 Å². The van der Waals surface area contributed by atoms with E-state index in [0.29, 0.717) is 25.6 Å². The van der Waals surface area contributed by atoms with E-state index in [4.69, 9.17) is 16.2 Å². The summed E-state index contributed by atoms with van der Waals surface area (Å²) in [7, 11) is 0. The Bertz CT molecular complexity index is 435. The van der Waals surface area contributed by atoms with Gasteiger partial charge in [-0.1, -0.05) is 32.0 Å². The number of rotatable bonds is 10. The van der Waals surface area contributed by atoms with Gasteiger partial charge in [0.05, 0.1) is 13.2 Å². The molecule has 0 unspecified atom stereocenters. The summed E-state index contributed by atoms with van der Waals surface area (Å²) in [6.45, 7) is 7.14. The summed E-state index contributed by atoms with van der Waals surface area (Å²) in [6, 6.07) is 7.65. The molecular formula is C16H27N3O2. The second-order valence-electron chi connectivity index (χ2n) is 5.67. The number of para-hydroxylation sites is 1. The molecular weight excluding hydrogens is 266 g/mol. The average molecular weight is 293 g/mol. The zero-order valence-corrected chi connectivity index (χ0v) is 13.0. The van der Waals surface area contributed by atoms with Gasteiger partial charge < -0.3 is 16.2 Å². The molecule has 0 fully saturated rings. The number of ether oxygens (including phenoxy) is 1. The van der Waals surface area contributed by atoms with Crippen molar-refractivity contribution in [2.75, 3.05) is 32.0 Å². The summed E-state index contributed by atoms with van der Waals surface area (Å²) >= 11 is 0. The van der Waals surface area contributed by atoms with Crippen LogP contribution >= 0.6 is 0 Å². The van der Waals surface area contributed by atoms with Crippen molar-refractivity contribution < 1.29 is 9.53 Å². The van der Waals surface area contributed by atoms with Gasteiger partial charge in [-0.2, -0.15) is 0 Å². The van der Waals surface area contributed by atoms with Crippen LogP contribution in [0.5, 0.6) is 0 Å². The summed E-state index contributed by atoms with van der Waals surface area (Å²) in [4.78, 5) is 13.1. The Morgan fingerprint density at radius 1 is 1.29 bits per heavy atom. The van der Waals surface area contributed by atoms with Crippen molar-refractivity contribution in [1.29, 1.82) is 0 Å². The van der Waals surface area contributed by atoms with Gasteiger partial charge in [-0.15, -0.1) is 0 Å². The Balaban J connectivity index is 2.44. The van der Waals surface area contributed by atoms with E-state index in [2.05, 4.69) is 13.8 Å². The Morgan fingerprint density at radius 3 is 2.62 bits per heavy atom. The number of benzene rings is 1. The first-order chi connectivity index (χ1) is 9.99. The van der Waals surface area contributed by atoms with Crippen LogP contribution in [0.3, 0.4) is 0 Å². The molecule has 118 valence electrons. The van der Waals surface area contributed by atoms with Crippen LogP contribution in [0.1, 0.15) is 25.8 Å². The summed E-state index contributed by atoms with van der Waals surface area (Å²) in [6.07, 6.45) is 1.04. The lowest BCUT2D eigenvalue weighted by Crippen LogP contribution is -2.35. The maximum absolute atomic E-state index is 11.2. The molecule has 0 radical (unpaired) electrons. The summed E-state index contributed by atoms with van der Waals surface area (Å²) in [5.41, 5.74) is 13.0. The van der Waals surface area contributed by atoms with Crippen LogP contribution < -0.4 is 11.5 Å². The van der Waals surface area contributed by atoms with Crippen LogP contribution in [-0.4, -0.2) is 37.1 Å². The fourth-order valence-electron chi connectivity index (χ4n) is 1.97. The normalized spacial score (nSPS) is 11.2. The average Bonchev–Trinajstić information content (AvgIpc) is 2.39. The lowest BCUT2D eigenvalue weighted by atomic mass is 10.1. The molecule has 5 heteroatoms. The van der Waals surface area contributed by atoms with E-state index in [1.54, 1.807) is 0 Å². The number of anilines is 1. The zero-order valence-electron chi connectivity index (χ0n) is 13.0. The molecule has 1 aromatic rings. The molecule has 0 aliphatic rings. The molecule has 0 atom stereocenters. The minimum absolute atomic E-state index is 0.210. The third-order valence-corrected chi connectivity index (χ3v) is 3.22. The number of nitrogens with zero attached hydrogens (tertiary/aromatic N) is 1. The monoisotopic (exact) mass is 293 g/mol. The maximum atomic E-state index is 11.2. The van der Waals surface area contributed by atoms with Crippen LogP contribution in [0.25, 0.3) is 0 Å². The molecule has 1 rings (SSSR count).